The summed E-state index contributed by atoms with van der Waals surface area (Å²) < 4.78 is 0. The fraction of sp³-hybridized carbons (Fsp3) is 0.571. The molecule has 3 heteroatoms. The zero-order valence-electron chi connectivity index (χ0n) is 7.64. The molecule has 0 saturated carbocycles. The number of rotatable bonds is 0. The van der Waals surface area contributed by atoms with Gasteiger partial charge in [0, 0.05) is 72.3 Å². The minimum atomic E-state index is 0. The molecule has 0 N–H and O–H groups in total. The Hall–Kier alpha value is 2.38. The molecule has 0 unspecified atom stereocenters. The molecule has 10 heavy (non-hydrogen) atoms. The molecule has 0 amide bonds. The molecule has 0 nitrogen and oxygen atoms in total. The number of hydrogen-bond donors (Lipinski definition) is 0. The van der Waals surface area contributed by atoms with Crippen LogP contribution in [-0.2, 0) is 72.3 Å². The Morgan fingerprint density at radius 1 is 1.00 bits per heavy atom. The molecular formula is C7H17VWY-3. The first-order chi connectivity index (χ1) is 2.73. The molecule has 0 aromatic carbocycles. The Kier molecular flexibility index (Phi) is 167. The van der Waals surface area contributed by atoms with Gasteiger partial charge >= 0.3 is 0 Å². The maximum absolute atomic E-state index is 3.25. The van der Waals surface area contributed by atoms with E-state index >= 15 is 0 Å². The van der Waals surface area contributed by atoms with Crippen molar-refractivity contribution in [2.75, 3.05) is 0 Å². The van der Waals surface area contributed by atoms with Gasteiger partial charge in [-0.1, -0.05) is 0 Å². The molecular weight excluding hydrogens is 408 g/mol. The molecule has 0 aromatic heterocycles. The summed E-state index contributed by atoms with van der Waals surface area (Å²) in [5, 5.41) is 0. The summed E-state index contributed by atoms with van der Waals surface area (Å²) in [4.78, 5) is 0. The van der Waals surface area contributed by atoms with Gasteiger partial charge in [0.15, 0.2) is 0 Å². The van der Waals surface area contributed by atoms with Crippen LogP contribution in [0.1, 0.15) is 27.7 Å². The summed E-state index contributed by atoms with van der Waals surface area (Å²) in [5.74, 6) is 1.42. The Morgan fingerprint density at radius 2 is 1.00 bits per heavy atom. The molecule has 0 aromatic rings. The van der Waals surface area contributed by atoms with Crippen molar-refractivity contribution >= 4 is 0 Å². The third kappa shape index (κ3) is 162. The van der Waals surface area contributed by atoms with Gasteiger partial charge in [0.25, 0.3) is 0 Å². The van der Waals surface area contributed by atoms with Crippen molar-refractivity contribution in [1.29, 1.82) is 0 Å². The molecule has 62 valence electrons. The fourth-order valence-corrected chi connectivity index (χ4v) is 0. The molecule has 0 heterocycles. The predicted molar refractivity (Wildman–Crippen MR) is 37.7 cm³/mol. The van der Waals surface area contributed by atoms with Gasteiger partial charge in [-0.3, -0.25) is 0 Å². The second kappa shape index (κ2) is 42.4. The molecule has 0 fully saturated rings. The third-order valence-electron chi connectivity index (χ3n) is 0. The Bertz CT molecular complexity index is 18.3. The quantitative estimate of drug-likeness (QED) is 0.525. The van der Waals surface area contributed by atoms with Crippen molar-refractivity contribution in [3.63, 3.8) is 0 Å². The summed E-state index contributed by atoms with van der Waals surface area (Å²) in [6, 6.07) is 0. The molecule has 0 aliphatic heterocycles. The van der Waals surface area contributed by atoms with Crippen molar-refractivity contribution in [2.24, 2.45) is 0 Å². The first-order valence-corrected chi connectivity index (χ1v) is 2.21. The first kappa shape index (κ1) is 39.4. The Morgan fingerprint density at radius 3 is 1.00 bits per heavy atom. The van der Waals surface area contributed by atoms with E-state index in [1.54, 1.807) is 6.92 Å². The van der Waals surface area contributed by atoms with Gasteiger partial charge in [0.1, 0.15) is 0 Å². The third-order valence-corrected chi connectivity index (χ3v) is 0. The molecule has 0 saturated heterocycles. The van der Waals surface area contributed by atoms with E-state index in [0.29, 0.717) is 0 Å². The molecule has 0 bridgehead atoms. The van der Waals surface area contributed by atoms with Gasteiger partial charge in [-0.2, -0.15) is 27.7 Å². The van der Waals surface area contributed by atoms with Gasteiger partial charge in [-0.25, -0.2) is 0 Å². The van der Waals surface area contributed by atoms with Crippen LogP contribution in [0, 0.1) is 20.3 Å². The van der Waals surface area contributed by atoms with Crippen molar-refractivity contribution in [2.45, 2.75) is 27.7 Å². The largest absolute Gasteiger partial charge is 0.358 e. The molecule has 0 atom stereocenters. The minimum Gasteiger partial charge on any atom is -0.358 e. The zero-order valence-corrected chi connectivity index (χ0v) is 14.8. The van der Waals surface area contributed by atoms with E-state index in [0.717, 1.165) is 0 Å². The van der Waals surface area contributed by atoms with Crippen molar-refractivity contribution in [3.05, 3.63) is 20.3 Å². The molecule has 2 radical (unpaired) electrons. The van der Waals surface area contributed by atoms with Gasteiger partial charge in [0.2, 0.25) is 0 Å². The summed E-state index contributed by atoms with van der Waals surface area (Å²) in [7, 11) is 0. The van der Waals surface area contributed by atoms with E-state index in [9.17, 15) is 0 Å². The van der Waals surface area contributed by atoms with Crippen LogP contribution in [0.25, 0.3) is 0 Å². The smallest absolute Gasteiger partial charge is 0 e. The van der Waals surface area contributed by atoms with Gasteiger partial charge < -0.3 is 20.3 Å². The van der Waals surface area contributed by atoms with E-state index in [1.165, 1.54) is 5.92 Å². The van der Waals surface area contributed by atoms with E-state index in [-0.39, 0.29) is 79.8 Å². The summed E-state index contributed by atoms with van der Waals surface area (Å²) in [5.41, 5.74) is 0. The van der Waals surface area contributed by atoms with Crippen LogP contribution in [0.15, 0.2) is 0 Å². The van der Waals surface area contributed by atoms with Crippen LogP contribution in [-0.4, -0.2) is 0 Å². The second-order valence-electron chi connectivity index (χ2n) is 1.50. The first-order valence-electron chi connectivity index (χ1n) is 2.21. The van der Waals surface area contributed by atoms with Crippen LogP contribution < -0.4 is 0 Å². The average Bonchev–Trinajstić information content (AvgIpc) is 1.41. The Balaban J connectivity index is -0.00000000625. The van der Waals surface area contributed by atoms with Crippen LogP contribution in [0.5, 0.6) is 0 Å². The SMILES string of the molecule is C[C-](C)C.[CH2-]C.[CH3-].[V].[W].[Y]. The van der Waals surface area contributed by atoms with Crippen LogP contribution in [0.2, 0.25) is 0 Å². The van der Waals surface area contributed by atoms with Gasteiger partial charge in [-0.15, -0.1) is 0 Å². The number of hydrogen-bond acceptors (Lipinski definition) is 0. The van der Waals surface area contributed by atoms with E-state index in [1.807, 2.05) is 0 Å². The average molecular weight is 425 g/mol. The van der Waals surface area contributed by atoms with Crippen LogP contribution >= 0.6 is 0 Å². The van der Waals surface area contributed by atoms with Crippen LogP contribution in [0.3, 0.4) is 0 Å². The van der Waals surface area contributed by atoms with E-state index in [4.69, 9.17) is 0 Å². The van der Waals surface area contributed by atoms with Crippen molar-refractivity contribution in [3.8, 4) is 0 Å². The van der Waals surface area contributed by atoms with Gasteiger partial charge in [0.05, 0.1) is 0 Å². The van der Waals surface area contributed by atoms with Crippen molar-refractivity contribution < 1.29 is 72.3 Å². The normalized spacial score (nSPS) is 4.20. The minimum absolute atomic E-state index is 0. The van der Waals surface area contributed by atoms with E-state index < -0.39 is 0 Å². The maximum atomic E-state index is 3.25. The molecule has 0 spiro atoms. The summed E-state index contributed by atoms with van der Waals surface area (Å²) in [6.45, 7) is 11.2. The summed E-state index contributed by atoms with van der Waals surface area (Å²) >= 11 is 0. The maximum Gasteiger partial charge on any atom is 0 e. The van der Waals surface area contributed by atoms with Gasteiger partial charge in [-0.05, 0) is 0 Å². The molecule has 0 aliphatic carbocycles. The topological polar surface area (TPSA) is 0 Å². The van der Waals surface area contributed by atoms with Crippen molar-refractivity contribution in [1.82, 2.24) is 0 Å². The van der Waals surface area contributed by atoms with Crippen LogP contribution in [0.4, 0.5) is 0 Å². The van der Waals surface area contributed by atoms with E-state index in [2.05, 4.69) is 27.7 Å². The molecule has 0 aliphatic rings. The standard InChI is InChI=1S/C4H9.C2H5.CH3.V.W.Y/c1-4(2)3;1-2;;;;/h1-3H3;1H2,2H3;1H3;;;/q3*-1;;;. The second-order valence-corrected chi connectivity index (χ2v) is 1.50. The zero-order chi connectivity index (χ0) is 5.58. The monoisotopic (exact) mass is 425 g/mol. The Labute approximate surface area is 119 Å². The predicted octanol–water partition coefficient (Wildman–Crippen LogP) is 2.90. The molecule has 0 rings (SSSR count). The fourth-order valence-electron chi connectivity index (χ4n) is 0. The summed E-state index contributed by atoms with van der Waals surface area (Å²) in [6.07, 6.45) is 0.